The zero-order chi connectivity index (χ0) is 15.4. The van der Waals surface area contributed by atoms with Crippen LogP contribution >= 0.6 is 0 Å². The molecule has 1 aromatic rings. The van der Waals surface area contributed by atoms with Gasteiger partial charge in [0.05, 0.1) is 5.48 Å². The lowest BCUT2D eigenvalue weighted by atomic mass is 10.2. The molecule has 64 valence electrons. The minimum absolute atomic E-state index is 0.0664. The maximum Gasteiger partial charge on any atom is 0.0506 e. The van der Waals surface area contributed by atoms with Gasteiger partial charge in [-0.2, -0.15) is 0 Å². The van der Waals surface area contributed by atoms with Gasteiger partial charge < -0.3 is 10.2 Å². The van der Waals surface area contributed by atoms with Gasteiger partial charge in [-0.05, 0) is 12.1 Å². The lowest BCUT2D eigenvalue weighted by Crippen LogP contribution is -2.43. The maximum atomic E-state index is 7.90. The zero-order valence-corrected chi connectivity index (χ0v) is 6.33. The van der Waals surface area contributed by atoms with Gasteiger partial charge in [-0.25, -0.2) is 0 Å². The van der Waals surface area contributed by atoms with Crippen LogP contribution in [0.3, 0.4) is 0 Å². The Labute approximate surface area is 84.4 Å². The average molecular weight is 170 g/mol. The first-order chi connectivity index (χ1) is 8.93. The van der Waals surface area contributed by atoms with Gasteiger partial charge in [0.25, 0.3) is 0 Å². The molecule has 0 atom stereocenters. The number of piperazine rings is 1. The molecule has 2 rings (SSSR count). The fourth-order valence-electron chi connectivity index (χ4n) is 0.933. The Morgan fingerprint density at radius 1 is 1.17 bits per heavy atom. The summed E-state index contributed by atoms with van der Waals surface area (Å²) in [5.41, 5.74) is 0.0664. The number of nitrogens with zero attached hydrogens (tertiary/aromatic N) is 1. The van der Waals surface area contributed by atoms with E-state index in [9.17, 15) is 0 Å². The minimum Gasteiger partial charge on any atom is -0.369 e. The SMILES string of the molecule is [2H]C1([2H])NC([2H])([2H])C([2H])([2H])N(c2ccccc2)C1([2H])[2H]. The van der Waals surface area contributed by atoms with E-state index in [1.54, 1.807) is 23.5 Å². The summed E-state index contributed by atoms with van der Waals surface area (Å²) in [5.74, 6) is 0. The summed E-state index contributed by atoms with van der Waals surface area (Å²) in [6.45, 7) is -11.1. The Hall–Kier alpha value is -1.02. The predicted molar refractivity (Wildman–Crippen MR) is 51.5 cm³/mol. The standard InChI is InChI=1S/C10H14N2/c1-2-4-10(5-3-1)12-8-6-11-7-9-12/h1-5,11H,6-9H2/i6D2,7D2,8D2,9D2. The van der Waals surface area contributed by atoms with Crippen molar-refractivity contribution in [3.8, 4) is 0 Å². The van der Waals surface area contributed by atoms with E-state index in [-0.39, 0.29) is 5.69 Å². The van der Waals surface area contributed by atoms with Gasteiger partial charge >= 0.3 is 0 Å². The van der Waals surface area contributed by atoms with Gasteiger partial charge in [0, 0.05) is 37.2 Å². The third-order valence-electron chi connectivity index (χ3n) is 1.47. The van der Waals surface area contributed by atoms with E-state index in [1.165, 1.54) is 12.1 Å². The number of hydrogen-bond donors (Lipinski definition) is 1. The van der Waals surface area contributed by atoms with Gasteiger partial charge in [0.15, 0.2) is 0 Å². The third-order valence-corrected chi connectivity index (χ3v) is 1.47. The van der Waals surface area contributed by atoms with Crippen molar-refractivity contribution < 1.29 is 11.0 Å². The highest BCUT2D eigenvalue weighted by Crippen LogP contribution is 2.12. The lowest BCUT2D eigenvalue weighted by molar-refractivity contribution is 0.589. The van der Waals surface area contributed by atoms with E-state index >= 15 is 0 Å². The van der Waals surface area contributed by atoms with Crippen LogP contribution in [0.4, 0.5) is 5.69 Å². The van der Waals surface area contributed by atoms with Crippen LogP contribution in [0.5, 0.6) is 0 Å². The number of benzene rings is 1. The topological polar surface area (TPSA) is 15.3 Å². The van der Waals surface area contributed by atoms with Gasteiger partial charge in [-0.1, -0.05) is 18.2 Å². The molecule has 0 bridgehead atoms. The molecule has 0 aromatic heterocycles. The van der Waals surface area contributed by atoms with Gasteiger partial charge in [0.1, 0.15) is 0 Å². The van der Waals surface area contributed by atoms with E-state index < -0.39 is 26.0 Å². The molecule has 0 saturated carbocycles. The van der Waals surface area contributed by atoms with Crippen molar-refractivity contribution in [3.63, 3.8) is 0 Å². The van der Waals surface area contributed by atoms with Crippen molar-refractivity contribution in [1.29, 1.82) is 0 Å². The maximum absolute atomic E-state index is 7.90. The smallest absolute Gasteiger partial charge is 0.0506 e. The van der Waals surface area contributed by atoms with E-state index in [2.05, 4.69) is 0 Å². The van der Waals surface area contributed by atoms with Crippen molar-refractivity contribution in [2.45, 2.75) is 0 Å². The molecule has 1 aliphatic rings. The molecule has 1 N–H and O–H groups in total. The van der Waals surface area contributed by atoms with Crippen LogP contribution in [-0.4, -0.2) is 26.0 Å². The number of hydrogen-bond acceptors (Lipinski definition) is 2. The van der Waals surface area contributed by atoms with Crippen molar-refractivity contribution in [2.24, 2.45) is 0 Å². The first-order valence-electron chi connectivity index (χ1n) is 7.58. The Morgan fingerprint density at radius 2 is 1.83 bits per heavy atom. The third kappa shape index (κ3) is 1.59. The average Bonchev–Trinajstić information content (AvgIpc) is 2.26. The second-order valence-corrected chi connectivity index (χ2v) is 2.27. The van der Waals surface area contributed by atoms with Crippen LogP contribution in [0.2, 0.25) is 0 Å². The molecule has 0 amide bonds. The Bertz CT molecular complexity index is 475. The van der Waals surface area contributed by atoms with Crippen LogP contribution in [-0.2, 0) is 0 Å². The molecule has 2 nitrogen and oxygen atoms in total. The van der Waals surface area contributed by atoms with Gasteiger partial charge in [-0.3, -0.25) is 0 Å². The Morgan fingerprint density at radius 3 is 2.50 bits per heavy atom. The summed E-state index contributed by atoms with van der Waals surface area (Å²) in [7, 11) is 0. The minimum atomic E-state index is -2.77. The normalized spacial score (nSPS) is 44.5. The van der Waals surface area contributed by atoms with E-state index in [4.69, 9.17) is 11.0 Å². The first kappa shape index (κ1) is 2.74. The van der Waals surface area contributed by atoms with Crippen LogP contribution < -0.4 is 10.2 Å². The molecule has 0 radical (unpaired) electrons. The molecule has 1 heterocycles. The highest BCUT2D eigenvalue weighted by molar-refractivity contribution is 5.46. The molecule has 0 spiro atoms. The van der Waals surface area contributed by atoms with E-state index in [0.717, 1.165) is 0 Å². The van der Waals surface area contributed by atoms with Crippen LogP contribution in [0.15, 0.2) is 30.3 Å². The summed E-state index contributed by atoms with van der Waals surface area (Å²) in [6, 6.07) is 7.57. The molecule has 0 unspecified atom stereocenters. The quantitative estimate of drug-likeness (QED) is 0.679. The number of nitrogens with one attached hydrogen (secondary N) is 1. The largest absolute Gasteiger partial charge is 0.369 e. The molecule has 1 saturated heterocycles. The van der Waals surface area contributed by atoms with Crippen molar-refractivity contribution >= 4 is 5.69 Å². The molecule has 1 aliphatic heterocycles. The predicted octanol–water partition coefficient (Wildman–Crippen LogP) is 1.10. The van der Waals surface area contributed by atoms with Crippen molar-refractivity contribution in [1.82, 2.24) is 5.32 Å². The zero-order valence-electron chi connectivity index (χ0n) is 14.3. The molecule has 12 heavy (non-hydrogen) atoms. The van der Waals surface area contributed by atoms with Gasteiger partial charge in [0.2, 0.25) is 0 Å². The fourth-order valence-corrected chi connectivity index (χ4v) is 0.933. The second-order valence-electron chi connectivity index (χ2n) is 2.27. The monoisotopic (exact) mass is 170 g/mol. The van der Waals surface area contributed by atoms with Gasteiger partial charge in [-0.15, -0.1) is 0 Å². The molecule has 2 heteroatoms. The van der Waals surface area contributed by atoms with Crippen molar-refractivity contribution in [2.75, 3.05) is 30.9 Å². The summed E-state index contributed by atoms with van der Waals surface area (Å²) < 4.78 is 62.3. The number of anilines is 1. The molecule has 1 aromatic carbocycles. The number of rotatable bonds is 1. The summed E-state index contributed by atoms with van der Waals surface area (Å²) in [5, 5.41) is 1.79. The van der Waals surface area contributed by atoms with Crippen LogP contribution in [0.1, 0.15) is 11.0 Å². The molecule has 1 fully saturated rings. The Kier molecular flexibility index (Phi) is 0.819. The summed E-state index contributed by atoms with van der Waals surface area (Å²) in [4.78, 5) is 0.510. The molecular formula is C10H14N2. The summed E-state index contributed by atoms with van der Waals surface area (Å²) in [6.07, 6.45) is 0. The fraction of sp³-hybridized carbons (Fsp3) is 0.400. The van der Waals surface area contributed by atoms with E-state index in [0.29, 0.717) is 4.90 Å². The highest BCUT2D eigenvalue weighted by atomic mass is 15.2. The highest BCUT2D eigenvalue weighted by Gasteiger charge is 2.08. The molecular weight excluding hydrogens is 148 g/mol. The number of para-hydroxylation sites is 1. The lowest BCUT2D eigenvalue weighted by Gasteiger charge is -2.29. The van der Waals surface area contributed by atoms with E-state index in [1.807, 2.05) is 0 Å². The molecule has 0 aliphatic carbocycles. The first-order valence-corrected chi connectivity index (χ1v) is 3.58. The summed E-state index contributed by atoms with van der Waals surface area (Å²) >= 11 is 0. The van der Waals surface area contributed by atoms with Crippen molar-refractivity contribution in [3.05, 3.63) is 30.3 Å². The second kappa shape index (κ2) is 3.59. The van der Waals surface area contributed by atoms with Crippen LogP contribution in [0.25, 0.3) is 0 Å². The Balaban J connectivity index is 2.65. The van der Waals surface area contributed by atoms with Crippen LogP contribution in [0, 0.1) is 0 Å².